The van der Waals surface area contributed by atoms with Crippen molar-refractivity contribution in [3.8, 4) is 0 Å². The molecule has 22 heavy (non-hydrogen) atoms. The average molecular weight is 296 g/mol. The molecule has 1 N–H and O–H groups in total. The van der Waals surface area contributed by atoms with Gasteiger partial charge in [-0.15, -0.1) is 0 Å². The van der Waals surface area contributed by atoms with E-state index in [1.807, 2.05) is 30.3 Å². The van der Waals surface area contributed by atoms with Gasteiger partial charge >= 0.3 is 0 Å². The van der Waals surface area contributed by atoms with Crippen molar-refractivity contribution in [2.24, 2.45) is 0 Å². The van der Waals surface area contributed by atoms with Crippen LogP contribution >= 0.6 is 0 Å². The van der Waals surface area contributed by atoms with Gasteiger partial charge in [-0.1, -0.05) is 42.5 Å². The van der Waals surface area contributed by atoms with E-state index in [9.17, 15) is 14.9 Å². The van der Waals surface area contributed by atoms with Crippen LogP contribution in [0.5, 0.6) is 0 Å². The number of hydrogen-bond acceptors (Lipinski definition) is 3. The van der Waals surface area contributed by atoms with Crippen LogP contribution in [0.3, 0.4) is 0 Å². The molecule has 5 nitrogen and oxygen atoms in total. The zero-order chi connectivity index (χ0) is 15.8. The second-order valence-electron chi connectivity index (χ2n) is 4.71. The third kappa shape index (κ3) is 4.86. The van der Waals surface area contributed by atoms with Gasteiger partial charge in [0, 0.05) is 24.8 Å². The quantitative estimate of drug-likeness (QED) is 0.506. The maximum atomic E-state index is 11.7. The van der Waals surface area contributed by atoms with E-state index < -0.39 is 4.92 Å². The number of nitro groups is 1. The van der Waals surface area contributed by atoms with E-state index in [2.05, 4.69) is 5.32 Å². The van der Waals surface area contributed by atoms with E-state index in [-0.39, 0.29) is 11.6 Å². The Morgan fingerprint density at radius 1 is 1.09 bits per heavy atom. The minimum atomic E-state index is -0.431. The van der Waals surface area contributed by atoms with E-state index in [0.29, 0.717) is 13.0 Å². The summed E-state index contributed by atoms with van der Waals surface area (Å²) in [4.78, 5) is 21.8. The molecule has 0 aromatic heterocycles. The molecule has 0 radical (unpaired) electrons. The Morgan fingerprint density at radius 2 is 1.77 bits per heavy atom. The van der Waals surface area contributed by atoms with Crippen molar-refractivity contribution in [1.29, 1.82) is 0 Å². The molecule has 2 aromatic carbocycles. The Morgan fingerprint density at radius 3 is 2.41 bits per heavy atom. The number of carbonyl (C=O) groups is 1. The van der Waals surface area contributed by atoms with Gasteiger partial charge < -0.3 is 5.32 Å². The van der Waals surface area contributed by atoms with Crippen LogP contribution in [0, 0.1) is 10.1 Å². The van der Waals surface area contributed by atoms with Crippen LogP contribution in [0.25, 0.3) is 6.08 Å². The molecule has 0 fully saturated rings. The highest BCUT2D eigenvalue weighted by Crippen LogP contribution is 2.11. The molecule has 0 unspecified atom stereocenters. The van der Waals surface area contributed by atoms with Gasteiger partial charge in [0.25, 0.3) is 5.69 Å². The van der Waals surface area contributed by atoms with Crippen molar-refractivity contribution in [2.45, 2.75) is 6.42 Å². The number of non-ortho nitro benzene ring substituents is 1. The second-order valence-corrected chi connectivity index (χ2v) is 4.71. The summed E-state index contributed by atoms with van der Waals surface area (Å²) < 4.78 is 0. The Labute approximate surface area is 128 Å². The van der Waals surface area contributed by atoms with Gasteiger partial charge in [0.15, 0.2) is 0 Å². The molecule has 2 aromatic rings. The lowest BCUT2D eigenvalue weighted by Crippen LogP contribution is -2.23. The van der Waals surface area contributed by atoms with E-state index in [1.165, 1.54) is 18.2 Å². The van der Waals surface area contributed by atoms with Crippen LogP contribution in [0.15, 0.2) is 60.7 Å². The fourth-order valence-electron chi connectivity index (χ4n) is 1.91. The molecular weight excluding hydrogens is 280 g/mol. The molecule has 112 valence electrons. The highest BCUT2D eigenvalue weighted by atomic mass is 16.6. The fraction of sp³-hybridized carbons (Fsp3) is 0.118. The summed E-state index contributed by atoms with van der Waals surface area (Å²) in [6.07, 6.45) is 3.87. The first-order valence-corrected chi connectivity index (χ1v) is 6.89. The van der Waals surface area contributed by atoms with Crippen LogP contribution < -0.4 is 5.32 Å². The standard InChI is InChI=1S/C17H16N2O3/c20-17(11-8-14-4-2-1-3-5-14)18-13-12-15-6-9-16(10-7-15)19(21)22/h1-11H,12-13H2,(H,18,20). The maximum absolute atomic E-state index is 11.7. The lowest BCUT2D eigenvalue weighted by Gasteiger charge is -2.02. The van der Waals surface area contributed by atoms with E-state index in [0.717, 1.165) is 11.1 Å². The number of amides is 1. The maximum Gasteiger partial charge on any atom is 0.269 e. The number of carbonyl (C=O) groups excluding carboxylic acids is 1. The van der Waals surface area contributed by atoms with Gasteiger partial charge in [-0.2, -0.15) is 0 Å². The smallest absolute Gasteiger partial charge is 0.269 e. The van der Waals surface area contributed by atoms with Crippen molar-refractivity contribution in [2.75, 3.05) is 6.54 Å². The molecular formula is C17H16N2O3. The minimum Gasteiger partial charge on any atom is -0.352 e. The molecule has 0 bridgehead atoms. The van der Waals surface area contributed by atoms with Gasteiger partial charge in [-0.3, -0.25) is 14.9 Å². The van der Waals surface area contributed by atoms with Gasteiger partial charge in [-0.25, -0.2) is 0 Å². The molecule has 2 rings (SSSR count). The Balaban J connectivity index is 1.77. The summed E-state index contributed by atoms with van der Waals surface area (Å²) in [5, 5.41) is 13.3. The third-order valence-electron chi connectivity index (χ3n) is 3.09. The normalized spacial score (nSPS) is 10.5. The molecule has 0 saturated carbocycles. The fourth-order valence-corrected chi connectivity index (χ4v) is 1.91. The average Bonchev–Trinajstić information content (AvgIpc) is 2.54. The van der Waals surface area contributed by atoms with Crippen molar-refractivity contribution < 1.29 is 9.72 Å². The molecule has 0 aliphatic heterocycles. The predicted molar refractivity (Wildman–Crippen MR) is 85.3 cm³/mol. The Hall–Kier alpha value is -2.95. The van der Waals surface area contributed by atoms with Crippen molar-refractivity contribution in [1.82, 2.24) is 5.32 Å². The molecule has 0 aliphatic rings. The van der Waals surface area contributed by atoms with Crippen LogP contribution in [0.1, 0.15) is 11.1 Å². The second kappa shape index (κ2) is 7.73. The largest absolute Gasteiger partial charge is 0.352 e. The lowest BCUT2D eigenvalue weighted by molar-refractivity contribution is -0.384. The summed E-state index contributed by atoms with van der Waals surface area (Å²) in [5.41, 5.74) is 1.98. The Bertz CT molecular complexity index is 664. The number of benzene rings is 2. The number of rotatable bonds is 6. The lowest BCUT2D eigenvalue weighted by atomic mass is 10.1. The van der Waals surface area contributed by atoms with Crippen LogP contribution in [0.2, 0.25) is 0 Å². The summed E-state index contributed by atoms with van der Waals surface area (Å²) in [6.45, 7) is 0.482. The topological polar surface area (TPSA) is 72.2 Å². The molecule has 5 heteroatoms. The van der Waals surface area contributed by atoms with Crippen molar-refractivity contribution in [3.63, 3.8) is 0 Å². The van der Waals surface area contributed by atoms with Crippen LogP contribution in [-0.2, 0) is 11.2 Å². The molecule has 0 heterocycles. The molecule has 0 aliphatic carbocycles. The van der Waals surface area contributed by atoms with Gasteiger partial charge in [0.05, 0.1) is 4.92 Å². The summed E-state index contributed by atoms with van der Waals surface area (Å²) in [5.74, 6) is -0.161. The first-order chi connectivity index (χ1) is 10.6. The molecule has 1 amide bonds. The van der Waals surface area contributed by atoms with Gasteiger partial charge in [0.2, 0.25) is 5.91 Å². The first-order valence-electron chi connectivity index (χ1n) is 6.89. The Kier molecular flexibility index (Phi) is 5.43. The van der Waals surface area contributed by atoms with E-state index >= 15 is 0 Å². The number of nitrogens with one attached hydrogen (secondary N) is 1. The highest BCUT2D eigenvalue weighted by Gasteiger charge is 2.03. The third-order valence-corrected chi connectivity index (χ3v) is 3.09. The summed E-state index contributed by atoms with van der Waals surface area (Å²) >= 11 is 0. The van der Waals surface area contributed by atoms with Gasteiger partial charge in [-0.05, 0) is 23.6 Å². The zero-order valence-electron chi connectivity index (χ0n) is 11.9. The zero-order valence-corrected chi connectivity index (χ0v) is 11.9. The SMILES string of the molecule is O=C(C=Cc1ccccc1)NCCc1ccc([N+](=O)[O-])cc1. The molecule has 0 atom stereocenters. The molecule has 0 spiro atoms. The monoisotopic (exact) mass is 296 g/mol. The molecule has 0 saturated heterocycles. The van der Waals surface area contributed by atoms with Gasteiger partial charge in [0.1, 0.15) is 0 Å². The first kappa shape index (κ1) is 15.4. The van der Waals surface area contributed by atoms with Crippen molar-refractivity contribution in [3.05, 3.63) is 81.9 Å². The number of hydrogen-bond donors (Lipinski definition) is 1. The number of nitrogens with zero attached hydrogens (tertiary/aromatic N) is 1. The number of nitro benzene ring substituents is 1. The van der Waals surface area contributed by atoms with Crippen LogP contribution in [-0.4, -0.2) is 17.4 Å². The van der Waals surface area contributed by atoms with Crippen LogP contribution in [0.4, 0.5) is 5.69 Å². The minimum absolute atomic E-state index is 0.0681. The van der Waals surface area contributed by atoms with E-state index in [4.69, 9.17) is 0 Å². The van der Waals surface area contributed by atoms with Crippen molar-refractivity contribution >= 4 is 17.7 Å². The highest BCUT2D eigenvalue weighted by molar-refractivity contribution is 5.91. The summed E-state index contributed by atoms with van der Waals surface area (Å²) in [6, 6.07) is 15.9. The summed E-state index contributed by atoms with van der Waals surface area (Å²) in [7, 11) is 0. The predicted octanol–water partition coefficient (Wildman–Crippen LogP) is 2.97. The van der Waals surface area contributed by atoms with E-state index in [1.54, 1.807) is 18.2 Å².